The standard InChI is InChI=1S/C17H21N3OS/c1-11-10-22-16(19-11)13-3-5-14(6-4-13)17(21)20-8-7-15(18)9-12(20)2/h3-6,10,12,15H,7-9,18H2,1-2H3/t12-,15+/m1/s1. The quantitative estimate of drug-likeness (QED) is 0.926. The monoisotopic (exact) mass is 315 g/mol. The molecule has 1 saturated heterocycles. The van der Waals surface area contributed by atoms with Gasteiger partial charge in [-0.15, -0.1) is 11.3 Å². The van der Waals surface area contributed by atoms with Crippen LogP contribution < -0.4 is 5.73 Å². The van der Waals surface area contributed by atoms with Gasteiger partial charge in [-0.25, -0.2) is 4.98 Å². The summed E-state index contributed by atoms with van der Waals surface area (Å²) in [5, 5.41) is 3.03. The molecule has 116 valence electrons. The number of carbonyl (C=O) groups excluding carboxylic acids is 1. The number of nitrogens with zero attached hydrogens (tertiary/aromatic N) is 2. The van der Waals surface area contributed by atoms with Crippen molar-refractivity contribution >= 4 is 17.2 Å². The van der Waals surface area contributed by atoms with Crippen LogP contribution in [0.15, 0.2) is 29.6 Å². The summed E-state index contributed by atoms with van der Waals surface area (Å²) in [7, 11) is 0. The molecule has 5 heteroatoms. The summed E-state index contributed by atoms with van der Waals surface area (Å²) in [4.78, 5) is 19.1. The molecule has 22 heavy (non-hydrogen) atoms. The molecule has 0 radical (unpaired) electrons. The van der Waals surface area contributed by atoms with Crippen LogP contribution in [0.3, 0.4) is 0 Å². The van der Waals surface area contributed by atoms with Crippen molar-refractivity contribution in [2.75, 3.05) is 6.54 Å². The number of benzene rings is 1. The van der Waals surface area contributed by atoms with E-state index in [-0.39, 0.29) is 18.0 Å². The van der Waals surface area contributed by atoms with Crippen LogP contribution in [-0.2, 0) is 0 Å². The Morgan fingerprint density at radius 3 is 2.68 bits per heavy atom. The minimum Gasteiger partial charge on any atom is -0.336 e. The van der Waals surface area contributed by atoms with Gasteiger partial charge >= 0.3 is 0 Å². The maximum atomic E-state index is 12.6. The molecule has 2 aromatic rings. The van der Waals surface area contributed by atoms with Crippen molar-refractivity contribution in [1.29, 1.82) is 0 Å². The molecule has 2 heterocycles. The molecule has 0 aliphatic carbocycles. The van der Waals surface area contributed by atoms with E-state index in [1.165, 1.54) is 0 Å². The Balaban J connectivity index is 1.76. The molecule has 2 N–H and O–H groups in total. The first kappa shape index (κ1) is 15.2. The van der Waals surface area contributed by atoms with E-state index in [0.29, 0.717) is 0 Å². The highest BCUT2D eigenvalue weighted by atomic mass is 32.1. The lowest BCUT2D eigenvalue weighted by Crippen LogP contribution is -2.48. The first-order valence-electron chi connectivity index (χ1n) is 7.63. The van der Waals surface area contributed by atoms with Gasteiger partial charge in [0, 0.05) is 40.8 Å². The zero-order chi connectivity index (χ0) is 15.7. The second-order valence-corrected chi connectivity index (χ2v) is 6.86. The average Bonchev–Trinajstić information content (AvgIpc) is 2.93. The Morgan fingerprint density at radius 2 is 2.09 bits per heavy atom. The number of piperidine rings is 1. The van der Waals surface area contributed by atoms with Gasteiger partial charge in [-0.05, 0) is 38.8 Å². The van der Waals surface area contributed by atoms with Crippen molar-refractivity contribution in [3.05, 3.63) is 40.9 Å². The predicted octanol–water partition coefficient (Wildman–Crippen LogP) is 3.07. The van der Waals surface area contributed by atoms with Crippen LogP contribution in [0.5, 0.6) is 0 Å². The molecular formula is C17H21N3OS. The van der Waals surface area contributed by atoms with Gasteiger partial charge in [-0.3, -0.25) is 4.79 Å². The van der Waals surface area contributed by atoms with E-state index >= 15 is 0 Å². The van der Waals surface area contributed by atoms with E-state index in [0.717, 1.165) is 41.2 Å². The third-order valence-electron chi connectivity index (χ3n) is 4.18. The fraction of sp³-hybridized carbons (Fsp3) is 0.412. The largest absolute Gasteiger partial charge is 0.336 e. The summed E-state index contributed by atoms with van der Waals surface area (Å²) < 4.78 is 0. The highest BCUT2D eigenvalue weighted by Gasteiger charge is 2.27. The van der Waals surface area contributed by atoms with Gasteiger partial charge in [0.1, 0.15) is 5.01 Å². The number of nitrogens with two attached hydrogens (primary N) is 1. The van der Waals surface area contributed by atoms with Gasteiger partial charge in [0.2, 0.25) is 0 Å². The molecule has 1 aromatic carbocycles. The normalized spacial score (nSPS) is 21.9. The summed E-state index contributed by atoms with van der Waals surface area (Å²) in [6.45, 7) is 4.80. The molecule has 1 aliphatic rings. The lowest BCUT2D eigenvalue weighted by atomic mass is 9.98. The maximum Gasteiger partial charge on any atom is 0.254 e. The molecule has 4 nitrogen and oxygen atoms in total. The summed E-state index contributed by atoms with van der Waals surface area (Å²) in [5.41, 5.74) is 8.79. The Kier molecular flexibility index (Phi) is 4.27. The van der Waals surface area contributed by atoms with Crippen LogP contribution in [-0.4, -0.2) is 34.4 Å². The maximum absolute atomic E-state index is 12.6. The van der Waals surface area contributed by atoms with Gasteiger partial charge in [-0.1, -0.05) is 12.1 Å². The fourth-order valence-corrected chi connectivity index (χ4v) is 3.72. The van der Waals surface area contributed by atoms with Gasteiger partial charge in [0.15, 0.2) is 0 Å². The topological polar surface area (TPSA) is 59.2 Å². The molecule has 1 aromatic heterocycles. The van der Waals surface area contributed by atoms with Crippen molar-refractivity contribution < 1.29 is 4.79 Å². The highest BCUT2D eigenvalue weighted by Crippen LogP contribution is 2.25. The van der Waals surface area contributed by atoms with Crippen molar-refractivity contribution in [1.82, 2.24) is 9.88 Å². The number of rotatable bonds is 2. The first-order chi connectivity index (χ1) is 10.5. The number of thiazole rings is 1. The lowest BCUT2D eigenvalue weighted by Gasteiger charge is -2.36. The Hall–Kier alpha value is -1.72. The molecule has 1 amide bonds. The molecule has 1 aliphatic heterocycles. The lowest BCUT2D eigenvalue weighted by molar-refractivity contribution is 0.0619. The molecule has 0 bridgehead atoms. The van der Waals surface area contributed by atoms with E-state index in [1.807, 2.05) is 41.5 Å². The molecular weight excluding hydrogens is 294 g/mol. The second kappa shape index (κ2) is 6.18. The van der Waals surface area contributed by atoms with Crippen LogP contribution in [0.2, 0.25) is 0 Å². The number of likely N-dealkylation sites (tertiary alicyclic amines) is 1. The fourth-order valence-electron chi connectivity index (χ4n) is 2.92. The molecule has 0 unspecified atom stereocenters. The van der Waals surface area contributed by atoms with Gasteiger partial charge in [-0.2, -0.15) is 0 Å². The van der Waals surface area contributed by atoms with Crippen LogP contribution >= 0.6 is 11.3 Å². The van der Waals surface area contributed by atoms with Gasteiger partial charge < -0.3 is 10.6 Å². The van der Waals surface area contributed by atoms with E-state index in [2.05, 4.69) is 11.9 Å². The van der Waals surface area contributed by atoms with Crippen molar-refractivity contribution in [3.63, 3.8) is 0 Å². The highest BCUT2D eigenvalue weighted by molar-refractivity contribution is 7.13. The van der Waals surface area contributed by atoms with Crippen LogP contribution in [0.4, 0.5) is 0 Å². The van der Waals surface area contributed by atoms with Crippen LogP contribution in [0, 0.1) is 6.92 Å². The smallest absolute Gasteiger partial charge is 0.254 e. The number of amides is 1. The summed E-state index contributed by atoms with van der Waals surface area (Å²) in [5.74, 6) is 0.0984. The van der Waals surface area contributed by atoms with E-state index in [4.69, 9.17) is 5.73 Å². The average molecular weight is 315 g/mol. The van der Waals surface area contributed by atoms with Gasteiger partial charge in [0.05, 0.1) is 0 Å². The van der Waals surface area contributed by atoms with E-state index in [9.17, 15) is 4.79 Å². The third-order valence-corrected chi connectivity index (χ3v) is 5.18. The van der Waals surface area contributed by atoms with Crippen LogP contribution in [0.1, 0.15) is 35.8 Å². The number of aromatic nitrogens is 1. The summed E-state index contributed by atoms with van der Waals surface area (Å²) >= 11 is 1.63. The van der Waals surface area contributed by atoms with Crippen LogP contribution in [0.25, 0.3) is 10.6 Å². The van der Waals surface area contributed by atoms with E-state index < -0.39 is 0 Å². The number of hydrogen-bond donors (Lipinski definition) is 1. The third kappa shape index (κ3) is 3.05. The molecule has 0 saturated carbocycles. The Bertz CT molecular complexity index is 665. The minimum absolute atomic E-state index is 0.0984. The summed E-state index contributed by atoms with van der Waals surface area (Å²) in [6.07, 6.45) is 1.76. The number of hydrogen-bond acceptors (Lipinski definition) is 4. The number of carbonyl (C=O) groups is 1. The SMILES string of the molecule is Cc1csc(-c2ccc(C(=O)N3CC[C@H](N)C[C@H]3C)cc2)n1. The zero-order valence-electron chi connectivity index (χ0n) is 13.0. The zero-order valence-corrected chi connectivity index (χ0v) is 13.8. The molecule has 1 fully saturated rings. The molecule has 0 spiro atoms. The van der Waals surface area contributed by atoms with E-state index in [1.54, 1.807) is 11.3 Å². The van der Waals surface area contributed by atoms with Gasteiger partial charge in [0.25, 0.3) is 5.91 Å². The summed E-state index contributed by atoms with van der Waals surface area (Å²) in [6, 6.07) is 8.18. The molecule has 3 rings (SSSR count). The van der Waals surface area contributed by atoms with Crippen molar-refractivity contribution in [2.24, 2.45) is 5.73 Å². The minimum atomic E-state index is 0.0984. The first-order valence-corrected chi connectivity index (χ1v) is 8.51. The molecule has 2 atom stereocenters. The number of aryl methyl sites for hydroxylation is 1. The van der Waals surface area contributed by atoms with Crippen molar-refractivity contribution in [2.45, 2.75) is 38.8 Å². The second-order valence-electron chi connectivity index (χ2n) is 6.00. The Labute approximate surface area is 135 Å². The van der Waals surface area contributed by atoms with Crippen molar-refractivity contribution in [3.8, 4) is 10.6 Å². The predicted molar refractivity (Wildman–Crippen MR) is 90.0 cm³/mol. The Morgan fingerprint density at radius 1 is 1.36 bits per heavy atom.